The van der Waals surface area contributed by atoms with E-state index in [0.717, 1.165) is 32.1 Å². The molecule has 0 spiro atoms. The first kappa shape index (κ1) is 27.0. The van der Waals surface area contributed by atoms with Crippen LogP contribution >= 0.6 is 8.03 Å². The van der Waals surface area contributed by atoms with Gasteiger partial charge in [-0.05, 0) is 62.9 Å². The van der Waals surface area contributed by atoms with Crippen molar-refractivity contribution in [1.82, 2.24) is 5.32 Å². The molecule has 0 bridgehead atoms. The third-order valence-corrected chi connectivity index (χ3v) is 7.75. The van der Waals surface area contributed by atoms with Crippen molar-refractivity contribution in [2.45, 2.75) is 103 Å². The van der Waals surface area contributed by atoms with Gasteiger partial charge in [0.25, 0.3) is 0 Å². The lowest BCUT2D eigenvalue weighted by Gasteiger charge is -2.29. The van der Waals surface area contributed by atoms with Gasteiger partial charge in [-0.15, -0.1) is 4.52 Å². The molecule has 0 aliphatic heterocycles. The van der Waals surface area contributed by atoms with E-state index >= 15 is 0 Å². The Kier molecular flexibility index (Phi) is 11.4. The molecule has 2 aliphatic rings. The van der Waals surface area contributed by atoms with E-state index in [-0.39, 0.29) is 30.7 Å². The minimum absolute atomic E-state index is 0.0957. The summed E-state index contributed by atoms with van der Waals surface area (Å²) >= 11 is 0. The van der Waals surface area contributed by atoms with E-state index in [4.69, 9.17) is 14.0 Å². The van der Waals surface area contributed by atoms with Crippen molar-refractivity contribution in [1.29, 1.82) is 0 Å². The van der Waals surface area contributed by atoms with Gasteiger partial charge in [-0.2, -0.15) is 0 Å². The SMILES string of the molecule is COC(=O)C(CCC1CCCC1)CO[P+](=O)CC(NC(=O)OC(C)(C)C)C1CCCCC1. The normalized spacial score (nSPS) is 20.4. The van der Waals surface area contributed by atoms with Crippen LogP contribution in [-0.4, -0.2) is 43.6 Å². The summed E-state index contributed by atoms with van der Waals surface area (Å²) in [4.78, 5) is 24.6. The predicted octanol–water partition coefficient (Wildman–Crippen LogP) is 5.98. The van der Waals surface area contributed by atoms with E-state index in [1.165, 1.54) is 39.2 Å². The molecule has 1 N–H and O–H groups in total. The van der Waals surface area contributed by atoms with Gasteiger partial charge in [-0.25, -0.2) is 4.79 Å². The minimum atomic E-state index is -2.02. The molecule has 32 heavy (non-hydrogen) atoms. The lowest BCUT2D eigenvalue weighted by atomic mass is 9.84. The Morgan fingerprint density at radius 1 is 1.03 bits per heavy atom. The highest BCUT2D eigenvalue weighted by Crippen LogP contribution is 2.34. The molecule has 3 unspecified atom stereocenters. The molecule has 0 heterocycles. The molecule has 8 heteroatoms. The molecule has 2 rings (SSSR count). The molecule has 2 saturated carbocycles. The molecule has 3 atom stereocenters. The molecule has 0 aromatic carbocycles. The van der Waals surface area contributed by atoms with Crippen LogP contribution in [-0.2, 0) is 23.4 Å². The van der Waals surface area contributed by atoms with Crippen LogP contribution in [0.3, 0.4) is 0 Å². The van der Waals surface area contributed by atoms with Crippen LogP contribution in [0.15, 0.2) is 0 Å². The van der Waals surface area contributed by atoms with Crippen LogP contribution < -0.4 is 5.32 Å². The molecule has 7 nitrogen and oxygen atoms in total. The lowest BCUT2D eigenvalue weighted by Crippen LogP contribution is -2.45. The van der Waals surface area contributed by atoms with Gasteiger partial charge in [0.05, 0.1) is 19.1 Å². The maximum Gasteiger partial charge on any atom is 0.510 e. The molecule has 0 radical (unpaired) electrons. The van der Waals surface area contributed by atoms with Gasteiger partial charge < -0.3 is 14.8 Å². The predicted molar refractivity (Wildman–Crippen MR) is 125 cm³/mol. The summed E-state index contributed by atoms with van der Waals surface area (Å²) < 4.78 is 28.8. The number of carbonyl (C=O) groups excluding carboxylic acids is 2. The molecular formula is C24H43NO6P+. The average Bonchev–Trinajstić information content (AvgIpc) is 3.25. The minimum Gasteiger partial charge on any atom is -0.469 e. The van der Waals surface area contributed by atoms with Crippen LogP contribution in [0.1, 0.15) is 91.4 Å². The molecule has 2 fully saturated rings. The van der Waals surface area contributed by atoms with Crippen molar-refractivity contribution in [3.8, 4) is 0 Å². The van der Waals surface area contributed by atoms with Crippen LogP contribution in [0, 0.1) is 17.8 Å². The highest BCUT2D eigenvalue weighted by Gasteiger charge is 2.36. The van der Waals surface area contributed by atoms with Crippen molar-refractivity contribution in [2.24, 2.45) is 17.8 Å². The zero-order chi connectivity index (χ0) is 23.6. The Hall–Kier alpha value is -1.20. The summed E-state index contributed by atoms with van der Waals surface area (Å²) in [5.41, 5.74) is -0.590. The molecule has 0 saturated heterocycles. The summed E-state index contributed by atoms with van der Waals surface area (Å²) in [5.74, 6) is 0.232. The number of rotatable bonds is 11. The second-order valence-electron chi connectivity index (χ2n) is 10.4. The van der Waals surface area contributed by atoms with E-state index in [9.17, 15) is 14.2 Å². The Balaban J connectivity index is 1.89. The van der Waals surface area contributed by atoms with Gasteiger partial charge in [-0.3, -0.25) is 4.79 Å². The van der Waals surface area contributed by atoms with Crippen molar-refractivity contribution in [2.75, 3.05) is 19.9 Å². The third kappa shape index (κ3) is 10.2. The second-order valence-corrected chi connectivity index (χ2v) is 11.7. The van der Waals surface area contributed by atoms with E-state index in [2.05, 4.69) is 5.32 Å². The fourth-order valence-corrected chi connectivity index (χ4v) is 6.03. The fourth-order valence-electron chi connectivity index (χ4n) is 4.87. The second kappa shape index (κ2) is 13.5. The van der Waals surface area contributed by atoms with Gasteiger partial charge in [0.15, 0.2) is 6.16 Å². The Labute approximate surface area is 194 Å². The molecule has 184 valence electrons. The molecular weight excluding hydrogens is 429 g/mol. The summed E-state index contributed by atoms with van der Waals surface area (Å²) in [5, 5.41) is 2.94. The quantitative estimate of drug-likeness (QED) is 0.294. The van der Waals surface area contributed by atoms with Crippen molar-refractivity contribution < 1.29 is 28.2 Å². The molecule has 0 aromatic rings. The smallest absolute Gasteiger partial charge is 0.469 e. The van der Waals surface area contributed by atoms with Crippen LogP contribution in [0.5, 0.6) is 0 Å². The largest absolute Gasteiger partial charge is 0.510 e. The average molecular weight is 473 g/mol. The number of alkyl carbamates (subject to hydrolysis) is 1. The van der Waals surface area contributed by atoms with Crippen molar-refractivity contribution >= 4 is 20.1 Å². The topological polar surface area (TPSA) is 90.9 Å². The van der Waals surface area contributed by atoms with Crippen LogP contribution in [0.25, 0.3) is 0 Å². The third-order valence-electron chi connectivity index (χ3n) is 6.62. The number of amides is 1. The summed E-state index contributed by atoms with van der Waals surface area (Å²) in [6.07, 6.45) is 11.8. The lowest BCUT2D eigenvalue weighted by molar-refractivity contribution is -0.146. The monoisotopic (exact) mass is 472 g/mol. The van der Waals surface area contributed by atoms with Crippen molar-refractivity contribution in [3.05, 3.63) is 0 Å². The standard InChI is InChI=1S/C24H42NO6P/c1-24(2,3)31-23(27)25-21(19-12-6-5-7-13-19)17-32(28)30-16-20(22(26)29-4)15-14-18-10-8-9-11-18/h18-21H,5-17H2,1-4H3/p+1. The van der Waals surface area contributed by atoms with Gasteiger partial charge >= 0.3 is 20.1 Å². The number of nitrogens with one attached hydrogen (secondary N) is 1. The molecule has 1 amide bonds. The van der Waals surface area contributed by atoms with E-state index in [1.807, 2.05) is 20.8 Å². The fraction of sp³-hybridized carbons (Fsp3) is 0.917. The Bertz CT molecular complexity index is 608. The summed E-state index contributed by atoms with van der Waals surface area (Å²) in [7, 11) is -0.636. The Morgan fingerprint density at radius 2 is 1.66 bits per heavy atom. The summed E-state index contributed by atoms with van der Waals surface area (Å²) in [6, 6.07) is -0.260. The van der Waals surface area contributed by atoms with Gasteiger partial charge in [0.2, 0.25) is 0 Å². The maximum absolute atomic E-state index is 12.8. The first-order valence-corrected chi connectivity index (χ1v) is 13.7. The maximum atomic E-state index is 12.8. The number of hydrogen-bond acceptors (Lipinski definition) is 6. The van der Waals surface area contributed by atoms with Crippen LogP contribution in [0.4, 0.5) is 4.79 Å². The number of ether oxygens (including phenoxy) is 2. The van der Waals surface area contributed by atoms with E-state index in [0.29, 0.717) is 12.3 Å². The highest BCUT2D eigenvalue weighted by atomic mass is 31.1. The number of carbonyl (C=O) groups is 2. The van der Waals surface area contributed by atoms with Gasteiger partial charge in [0.1, 0.15) is 12.2 Å². The van der Waals surface area contributed by atoms with E-state index < -0.39 is 25.6 Å². The summed E-state index contributed by atoms with van der Waals surface area (Å²) in [6.45, 7) is 5.57. The van der Waals surface area contributed by atoms with Crippen LogP contribution in [0.2, 0.25) is 0 Å². The highest BCUT2D eigenvalue weighted by molar-refractivity contribution is 7.39. The van der Waals surface area contributed by atoms with Gasteiger partial charge in [0, 0.05) is 0 Å². The van der Waals surface area contributed by atoms with Gasteiger partial charge in [-0.1, -0.05) is 44.9 Å². The first-order valence-electron chi connectivity index (χ1n) is 12.3. The number of esters is 1. The molecule has 2 aliphatic carbocycles. The first-order chi connectivity index (χ1) is 15.2. The zero-order valence-electron chi connectivity index (χ0n) is 20.4. The van der Waals surface area contributed by atoms with Crippen molar-refractivity contribution in [3.63, 3.8) is 0 Å². The Morgan fingerprint density at radius 3 is 2.25 bits per heavy atom. The van der Waals surface area contributed by atoms with E-state index in [1.54, 1.807) is 0 Å². The zero-order valence-corrected chi connectivity index (χ0v) is 21.3. The molecule has 0 aromatic heterocycles. The number of methoxy groups -OCH3 is 1. The number of hydrogen-bond donors (Lipinski definition) is 1.